The minimum absolute atomic E-state index is 0.0527. The van der Waals surface area contributed by atoms with Gasteiger partial charge in [0.25, 0.3) is 0 Å². The molecule has 2 nitrogen and oxygen atoms in total. The quantitative estimate of drug-likeness (QED) is 0.641. The van der Waals surface area contributed by atoms with Crippen molar-refractivity contribution in [1.29, 1.82) is 5.41 Å². The normalized spacial score (nSPS) is 11.5. The molecule has 0 saturated carbocycles. The predicted octanol–water partition coefficient (Wildman–Crippen LogP) is 3.66. The van der Waals surface area contributed by atoms with E-state index in [1.807, 2.05) is 23.9 Å². The molecular formula is C12H17ClN2S. The highest BCUT2D eigenvalue weighted by molar-refractivity contribution is 7.99. The highest BCUT2D eigenvalue weighted by atomic mass is 35.5. The molecule has 0 fully saturated rings. The van der Waals surface area contributed by atoms with E-state index < -0.39 is 0 Å². The summed E-state index contributed by atoms with van der Waals surface area (Å²) < 4.78 is 0.225. The Balaban J connectivity index is 2.80. The first-order valence-electron chi connectivity index (χ1n) is 5.06. The minimum atomic E-state index is 0.0527. The molecule has 0 radical (unpaired) electrons. The van der Waals surface area contributed by atoms with Gasteiger partial charge in [-0.1, -0.05) is 44.5 Å². The van der Waals surface area contributed by atoms with Crippen LogP contribution in [0.4, 0.5) is 0 Å². The second-order valence-electron chi connectivity index (χ2n) is 4.62. The number of nitrogens with one attached hydrogen (secondary N) is 1. The van der Waals surface area contributed by atoms with Crippen molar-refractivity contribution in [2.45, 2.75) is 31.3 Å². The van der Waals surface area contributed by atoms with E-state index in [9.17, 15) is 0 Å². The fourth-order valence-corrected chi connectivity index (χ4v) is 2.29. The fraction of sp³-hybridized carbons (Fsp3) is 0.417. The van der Waals surface area contributed by atoms with Crippen LogP contribution in [0.15, 0.2) is 18.2 Å². The lowest BCUT2D eigenvalue weighted by Gasteiger charge is -2.18. The van der Waals surface area contributed by atoms with Crippen molar-refractivity contribution < 1.29 is 0 Å². The summed E-state index contributed by atoms with van der Waals surface area (Å²) in [6.07, 6.45) is 0. The average Bonchev–Trinajstić information content (AvgIpc) is 2.14. The van der Waals surface area contributed by atoms with Gasteiger partial charge in [0.1, 0.15) is 5.84 Å². The average molecular weight is 257 g/mol. The third kappa shape index (κ3) is 4.06. The minimum Gasteiger partial charge on any atom is -0.384 e. The van der Waals surface area contributed by atoms with Gasteiger partial charge in [-0.15, -0.1) is 0 Å². The lowest BCUT2D eigenvalue weighted by atomic mass is 10.1. The number of nitrogens with two attached hydrogens (primary N) is 1. The maximum atomic E-state index is 7.32. The molecule has 1 aromatic carbocycles. The Morgan fingerprint density at radius 2 is 2.06 bits per heavy atom. The van der Waals surface area contributed by atoms with E-state index in [2.05, 4.69) is 20.8 Å². The number of nitrogen functional groups attached to an aromatic ring is 1. The Morgan fingerprint density at radius 3 is 2.50 bits per heavy atom. The molecule has 4 heteroatoms. The van der Waals surface area contributed by atoms with Crippen LogP contribution in [0.2, 0.25) is 5.02 Å². The van der Waals surface area contributed by atoms with Crippen LogP contribution in [0.5, 0.6) is 0 Å². The zero-order valence-corrected chi connectivity index (χ0v) is 11.4. The summed E-state index contributed by atoms with van der Waals surface area (Å²) in [5.41, 5.74) is 7.16. The van der Waals surface area contributed by atoms with Gasteiger partial charge in [0, 0.05) is 21.1 Å². The van der Waals surface area contributed by atoms with Gasteiger partial charge in [-0.3, -0.25) is 5.41 Å². The number of hydrogen-bond donors (Lipinski definition) is 2. The molecule has 1 aromatic rings. The Bertz CT molecular complexity index is 396. The van der Waals surface area contributed by atoms with Crippen LogP contribution in [0.1, 0.15) is 31.9 Å². The van der Waals surface area contributed by atoms with E-state index >= 15 is 0 Å². The second kappa shape index (κ2) is 5.11. The third-order valence-corrected chi connectivity index (χ3v) is 3.70. The molecule has 0 aliphatic heterocycles. The van der Waals surface area contributed by atoms with Crippen LogP contribution in [-0.2, 0) is 5.75 Å². The van der Waals surface area contributed by atoms with Crippen molar-refractivity contribution >= 4 is 29.2 Å². The highest BCUT2D eigenvalue weighted by Crippen LogP contribution is 2.30. The second-order valence-corrected chi connectivity index (χ2v) is 6.83. The van der Waals surface area contributed by atoms with E-state index in [1.54, 1.807) is 6.07 Å². The van der Waals surface area contributed by atoms with E-state index in [4.69, 9.17) is 22.7 Å². The Labute approximate surface area is 106 Å². The fourth-order valence-electron chi connectivity index (χ4n) is 1.13. The number of rotatable bonds is 3. The smallest absolute Gasteiger partial charge is 0.122 e. The molecule has 0 amide bonds. The number of hydrogen-bond acceptors (Lipinski definition) is 2. The summed E-state index contributed by atoms with van der Waals surface area (Å²) in [4.78, 5) is 0. The van der Waals surface area contributed by atoms with Gasteiger partial charge in [0.15, 0.2) is 0 Å². The Kier molecular flexibility index (Phi) is 4.28. The van der Waals surface area contributed by atoms with Crippen LogP contribution in [0, 0.1) is 5.41 Å². The summed E-state index contributed by atoms with van der Waals surface area (Å²) in [6, 6.07) is 5.53. The molecule has 0 heterocycles. The molecule has 88 valence electrons. The zero-order valence-electron chi connectivity index (χ0n) is 9.80. The monoisotopic (exact) mass is 256 g/mol. The van der Waals surface area contributed by atoms with E-state index in [1.165, 1.54) is 0 Å². The van der Waals surface area contributed by atoms with Gasteiger partial charge in [0.2, 0.25) is 0 Å². The van der Waals surface area contributed by atoms with Gasteiger partial charge in [-0.05, 0) is 11.6 Å². The van der Waals surface area contributed by atoms with Gasteiger partial charge < -0.3 is 5.73 Å². The largest absolute Gasteiger partial charge is 0.384 e. The van der Waals surface area contributed by atoms with Crippen molar-refractivity contribution in [3.05, 3.63) is 34.3 Å². The number of thioether (sulfide) groups is 1. The van der Waals surface area contributed by atoms with E-state index in [0.29, 0.717) is 10.6 Å². The molecule has 0 spiro atoms. The third-order valence-electron chi connectivity index (χ3n) is 2.02. The molecule has 0 aliphatic rings. The topological polar surface area (TPSA) is 49.9 Å². The van der Waals surface area contributed by atoms with Crippen molar-refractivity contribution in [1.82, 2.24) is 0 Å². The summed E-state index contributed by atoms with van der Waals surface area (Å²) in [5.74, 6) is 0.928. The standard InChI is InChI=1S/C12H17ClN2S/c1-12(2,3)16-7-9-5-4-8(11(14)15)6-10(9)13/h4-6H,7H2,1-3H3,(H3,14,15). The lowest BCUT2D eigenvalue weighted by molar-refractivity contribution is 0.802. The molecular weight excluding hydrogens is 240 g/mol. The molecule has 0 aliphatic carbocycles. The van der Waals surface area contributed by atoms with Crippen LogP contribution in [-0.4, -0.2) is 10.6 Å². The van der Waals surface area contributed by atoms with Gasteiger partial charge in [-0.2, -0.15) is 11.8 Å². The molecule has 16 heavy (non-hydrogen) atoms. The molecule has 3 N–H and O–H groups in total. The van der Waals surface area contributed by atoms with E-state index in [-0.39, 0.29) is 10.6 Å². The molecule has 0 aromatic heterocycles. The number of amidine groups is 1. The molecule has 0 saturated heterocycles. The SMILES string of the molecule is CC(C)(C)SCc1ccc(C(=N)N)cc1Cl. The summed E-state index contributed by atoms with van der Waals surface area (Å²) in [5, 5.41) is 8.00. The summed E-state index contributed by atoms with van der Waals surface area (Å²) in [7, 11) is 0. The Hall–Kier alpha value is -0.670. The van der Waals surface area contributed by atoms with Crippen LogP contribution < -0.4 is 5.73 Å². The summed E-state index contributed by atoms with van der Waals surface area (Å²) in [6.45, 7) is 6.53. The lowest BCUT2D eigenvalue weighted by Crippen LogP contribution is -2.11. The first-order chi connectivity index (χ1) is 7.29. The van der Waals surface area contributed by atoms with Crippen LogP contribution in [0.3, 0.4) is 0 Å². The van der Waals surface area contributed by atoms with Crippen molar-refractivity contribution in [2.24, 2.45) is 5.73 Å². The van der Waals surface area contributed by atoms with Crippen molar-refractivity contribution in [3.63, 3.8) is 0 Å². The van der Waals surface area contributed by atoms with Gasteiger partial charge in [0.05, 0.1) is 0 Å². The van der Waals surface area contributed by atoms with Gasteiger partial charge >= 0.3 is 0 Å². The first kappa shape index (κ1) is 13.4. The van der Waals surface area contributed by atoms with Gasteiger partial charge in [-0.25, -0.2) is 0 Å². The number of halogens is 1. The molecule has 0 atom stereocenters. The number of benzene rings is 1. The highest BCUT2D eigenvalue weighted by Gasteiger charge is 2.12. The molecule has 0 bridgehead atoms. The first-order valence-corrected chi connectivity index (χ1v) is 6.43. The maximum absolute atomic E-state index is 7.32. The van der Waals surface area contributed by atoms with Crippen LogP contribution in [0.25, 0.3) is 0 Å². The van der Waals surface area contributed by atoms with Crippen molar-refractivity contribution in [2.75, 3.05) is 0 Å². The van der Waals surface area contributed by atoms with E-state index in [0.717, 1.165) is 11.3 Å². The molecule has 1 rings (SSSR count). The zero-order chi connectivity index (χ0) is 12.3. The summed E-state index contributed by atoms with van der Waals surface area (Å²) >= 11 is 7.98. The Morgan fingerprint density at radius 1 is 1.44 bits per heavy atom. The maximum Gasteiger partial charge on any atom is 0.122 e. The van der Waals surface area contributed by atoms with Crippen LogP contribution >= 0.6 is 23.4 Å². The van der Waals surface area contributed by atoms with Crippen molar-refractivity contribution in [3.8, 4) is 0 Å². The predicted molar refractivity (Wildman–Crippen MR) is 73.5 cm³/mol. The molecule has 0 unspecified atom stereocenters.